The van der Waals surface area contributed by atoms with Crippen molar-refractivity contribution in [3.8, 4) is 5.75 Å². The summed E-state index contributed by atoms with van der Waals surface area (Å²) in [7, 11) is 1.69. The first-order valence-corrected chi connectivity index (χ1v) is 10.7. The first-order chi connectivity index (χ1) is 13.5. The summed E-state index contributed by atoms with van der Waals surface area (Å²) in [6.45, 7) is 6.46. The number of piperidine rings is 1. The molecule has 0 radical (unpaired) electrons. The molecule has 154 valence electrons. The average Bonchev–Trinajstić information content (AvgIpc) is 3.12. The van der Waals surface area contributed by atoms with Crippen LogP contribution in [0.15, 0.2) is 24.3 Å². The van der Waals surface area contributed by atoms with Crippen molar-refractivity contribution < 1.29 is 14.3 Å². The van der Waals surface area contributed by atoms with Crippen molar-refractivity contribution in [3.05, 3.63) is 29.8 Å². The fraction of sp³-hybridized carbons (Fsp3) is 0.652. The van der Waals surface area contributed by atoms with Gasteiger partial charge in [-0.05, 0) is 61.6 Å². The molecule has 1 unspecified atom stereocenters. The van der Waals surface area contributed by atoms with Gasteiger partial charge in [0.15, 0.2) is 0 Å². The van der Waals surface area contributed by atoms with Crippen molar-refractivity contribution in [1.82, 2.24) is 9.80 Å². The second-order valence-corrected chi connectivity index (χ2v) is 8.53. The second kappa shape index (κ2) is 9.44. The van der Waals surface area contributed by atoms with Crippen LogP contribution < -0.4 is 4.74 Å². The van der Waals surface area contributed by atoms with Gasteiger partial charge in [-0.25, -0.2) is 0 Å². The Kier molecular flexibility index (Phi) is 6.97. The van der Waals surface area contributed by atoms with Crippen LogP contribution in [0, 0.1) is 11.8 Å². The maximum Gasteiger partial charge on any atom is 0.245 e. The van der Waals surface area contributed by atoms with Gasteiger partial charge < -0.3 is 14.5 Å². The molecular weight excluding hydrogens is 352 g/mol. The summed E-state index contributed by atoms with van der Waals surface area (Å²) < 4.78 is 5.22. The van der Waals surface area contributed by atoms with Crippen LogP contribution >= 0.6 is 0 Å². The predicted molar refractivity (Wildman–Crippen MR) is 110 cm³/mol. The molecule has 0 aliphatic carbocycles. The summed E-state index contributed by atoms with van der Waals surface area (Å²) in [5.74, 6) is 2.01. The number of hydrogen-bond donors (Lipinski definition) is 0. The van der Waals surface area contributed by atoms with Crippen molar-refractivity contribution in [2.24, 2.45) is 11.8 Å². The van der Waals surface area contributed by atoms with E-state index in [9.17, 15) is 9.59 Å². The van der Waals surface area contributed by atoms with Gasteiger partial charge in [-0.15, -0.1) is 0 Å². The molecule has 5 heteroatoms. The number of aryl methyl sites for hydroxylation is 1. The molecule has 2 amide bonds. The van der Waals surface area contributed by atoms with Gasteiger partial charge in [0.1, 0.15) is 11.8 Å². The van der Waals surface area contributed by atoms with Crippen molar-refractivity contribution in [2.75, 3.05) is 26.7 Å². The molecule has 2 aliphatic rings. The number of nitrogens with zero attached hydrogens (tertiary/aromatic N) is 2. The summed E-state index contributed by atoms with van der Waals surface area (Å²) in [5, 5.41) is 0. The average molecular weight is 387 g/mol. The molecular formula is C23H34N2O3. The molecule has 3 rings (SSSR count). The third-order valence-corrected chi connectivity index (χ3v) is 6.26. The molecule has 0 aromatic heterocycles. The van der Waals surface area contributed by atoms with E-state index in [4.69, 9.17) is 4.74 Å². The predicted octanol–water partition coefficient (Wildman–Crippen LogP) is 3.51. The molecule has 0 saturated carbocycles. The van der Waals surface area contributed by atoms with Crippen molar-refractivity contribution in [1.29, 1.82) is 0 Å². The lowest BCUT2D eigenvalue weighted by atomic mass is 9.89. The van der Waals surface area contributed by atoms with E-state index < -0.39 is 0 Å². The minimum Gasteiger partial charge on any atom is -0.497 e. The Morgan fingerprint density at radius 3 is 2.36 bits per heavy atom. The van der Waals surface area contributed by atoms with Crippen LogP contribution in [0.2, 0.25) is 0 Å². The smallest absolute Gasteiger partial charge is 0.245 e. The zero-order valence-corrected chi connectivity index (χ0v) is 17.5. The highest BCUT2D eigenvalue weighted by Gasteiger charge is 2.38. The van der Waals surface area contributed by atoms with Crippen molar-refractivity contribution in [3.63, 3.8) is 0 Å². The van der Waals surface area contributed by atoms with Gasteiger partial charge in [-0.1, -0.05) is 26.0 Å². The second-order valence-electron chi connectivity index (χ2n) is 8.53. The first-order valence-electron chi connectivity index (χ1n) is 10.7. The van der Waals surface area contributed by atoms with Gasteiger partial charge in [0.2, 0.25) is 11.8 Å². The van der Waals surface area contributed by atoms with E-state index in [2.05, 4.69) is 26.0 Å². The highest BCUT2D eigenvalue weighted by Crippen LogP contribution is 2.26. The fourth-order valence-electron chi connectivity index (χ4n) is 4.53. The van der Waals surface area contributed by atoms with E-state index in [-0.39, 0.29) is 23.8 Å². The molecule has 2 fully saturated rings. The van der Waals surface area contributed by atoms with Gasteiger partial charge in [0, 0.05) is 26.1 Å². The van der Waals surface area contributed by atoms with Gasteiger partial charge in [0.05, 0.1) is 7.11 Å². The molecule has 2 heterocycles. The number of hydrogen-bond acceptors (Lipinski definition) is 3. The molecule has 5 nitrogen and oxygen atoms in total. The summed E-state index contributed by atoms with van der Waals surface area (Å²) in [5.41, 5.74) is 1.34. The van der Waals surface area contributed by atoms with Crippen LogP contribution in [-0.2, 0) is 16.0 Å². The number of benzene rings is 1. The number of methoxy groups -OCH3 is 1. The van der Waals surface area contributed by atoms with Gasteiger partial charge >= 0.3 is 0 Å². The molecule has 2 aliphatic heterocycles. The zero-order chi connectivity index (χ0) is 20.1. The summed E-state index contributed by atoms with van der Waals surface area (Å²) >= 11 is 0. The molecule has 2 saturated heterocycles. The number of carbonyl (C=O) groups excluding carboxylic acids is 2. The van der Waals surface area contributed by atoms with Crippen LogP contribution in [0.3, 0.4) is 0 Å². The summed E-state index contributed by atoms with van der Waals surface area (Å²) in [4.78, 5) is 29.1. The van der Waals surface area contributed by atoms with Gasteiger partial charge in [-0.2, -0.15) is 0 Å². The summed E-state index contributed by atoms with van der Waals surface area (Å²) in [6, 6.07) is 8.02. The Morgan fingerprint density at radius 2 is 1.82 bits per heavy atom. The number of carbonyl (C=O) groups is 2. The topological polar surface area (TPSA) is 49.9 Å². The van der Waals surface area contributed by atoms with E-state index in [1.807, 2.05) is 21.9 Å². The molecule has 1 aromatic carbocycles. The SMILES string of the molecule is COc1ccc(CCC2CCN(C(=O)C(C(C)C)N3CCCC3=O)CC2)cc1. The van der Waals surface area contributed by atoms with E-state index in [0.29, 0.717) is 12.3 Å². The Balaban J connectivity index is 1.49. The molecule has 0 spiro atoms. The normalized spacial score (nSPS) is 19.4. The Morgan fingerprint density at radius 1 is 1.14 bits per heavy atom. The Bertz CT molecular complexity index is 663. The monoisotopic (exact) mass is 386 g/mol. The number of rotatable bonds is 7. The van der Waals surface area contributed by atoms with Crippen LogP contribution in [0.1, 0.15) is 51.5 Å². The largest absolute Gasteiger partial charge is 0.497 e. The van der Waals surface area contributed by atoms with Gasteiger partial charge in [-0.3, -0.25) is 9.59 Å². The van der Waals surface area contributed by atoms with E-state index in [1.54, 1.807) is 7.11 Å². The Hall–Kier alpha value is -2.04. The van der Waals surface area contributed by atoms with Crippen molar-refractivity contribution in [2.45, 2.75) is 58.4 Å². The zero-order valence-electron chi connectivity index (χ0n) is 17.5. The quantitative estimate of drug-likeness (QED) is 0.720. The fourth-order valence-corrected chi connectivity index (χ4v) is 4.53. The molecule has 1 atom stereocenters. The molecule has 28 heavy (non-hydrogen) atoms. The maximum absolute atomic E-state index is 13.1. The molecule has 1 aromatic rings. The highest BCUT2D eigenvalue weighted by molar-refractivity contribution is 5.88. The van der Waals surface area contributed by atoms with Crippen molar-refractivity contribution >= 4 is 11.8 Å². The number of amides is 2. The lowest BCUT2D eigenvalue weighted by molar-refractivity contribution is -0.146. The minimum absolute atomic E-state index is 0.140. The lowest BCUT2D eigenvalue weighted by Crippen LogP contribution is -2.53. The lowest BCUT2D eigenvalue weighted by Gasteiger charge is -2.38. The standard InChI is InChI=1S/C23H34N2O3/c1-17(2)22(25-14-4-5-21(25)26)23(27)24-15-12-19(13-16-24)7-6-18-8-10-20(28-3)11-9-18/h8-11,17,19,22H,4-7,12-16H2,1-3H3. The molecule has 0 N–H and O–H groups in total. The van der Waals surface area contributed by atoms with Crippen LogP contribution in [0.25, 0.3) is 0 Å². The minimum atomic E-state index is -0.286. The first kappa shape index (κ1) is 20.7. The third-order valence-electron chi connectivity index (χ3n) is 6.26. The number of ether oxygens (including phenoxy) is 1. The Labute approximate surface area is 169 Å². The third kappa shape index (κ3) is 4.86. The van der Waals surface area contributed by atoms with E-state index in [1.165, 1.54) is 5.56 Å². The van der Waals surface area contributed by atoms with Crippen LogP contribution in [-0.4, -0.2) is 54.4 Å². The summed E-state index contributed by atoms with van der Waals surface area (Å²) in [6.07, 6.45) is 5.81. The van der Waals surface area contributed by atoms with Crippen LogP contribution in [0.5, 0.6) is 5.75 Å². The number of likely N-dealkylation sites (tertiary alicyclic amines) is 2. The van der Waals surface area contributed by atoms with E-state index in [0.717, 1.165) is 57.5 Å². The maximum atomic E-state index is 13.1. The molecule has 0 bridgehead atoms. The van der Waals surface area contributed by atoms with E-state index >= 15 is 0 Å². The highest BCUT2D eigenvalue weighted by atomic mass is 16.5. The van der Waals surface area contributed by atoms with Gasteiger partial charge in [0.25, 0.3) is 0 Å². The van der Waals surface area contributed by atoms with Crippen LogP contribution in [0.4, 0.5) is 0 Å².